The fourth-order valence-corrected chi connectivity index (χ4v) is 1.90. The molecule has 0 spiro atoms. The van der Waals surface area contributed by atoms with E-state index in [2.05, 4.69) is 10.1 Å². The van der Waals surface area contributed by atoms with E-state index >= 15 is 0 Å². The van der Waals surface area contributed by atoms with Crippen molar-refractivity contribution in [2.24, 2.45) is 0 Å². The van der Waals surface area contributed by atoms with Crippen LogP contribution in [-0.2, 0) is 6.54 Å². The average Bonchev–Trinajstić information content (AvgIpc) is 2.70. The second-order valence-corrected chi connectivity index (χ2v) is 4.14. The van der Waals surface area contributed by atoms with Gasteiger partial charge in [-0.2, -0.15) is 0 Å². The van der Waals surface area contributed by atoms with Crippen LogP contribution in [0.25, 0.3) is 5.65 Å². The van der Waals surface area contributed by atoms with Gasteiger partial charge in [-0.3, -0.25) is 9.38 Å². The standard InChI is InChI=1S/C13H12N4O/c1-10-5-4-7-14-11(10)9-17-13(18)16-8-3-2-6-12(16)15-17/h2-8H,9H2,1H3. The van der Waals surface area contributed by atoms with E-state index in [9.17, 15) is 4.79 Å². The molecular weight excluding hydrogens is 228 g/mol. The molecule has 0 radical (unpaired) electrons. The Morgan fingerprint density at radius 3 is 2.89 bits per heavy atom. The Bertz CT molecular complexity index is 757. The van der Waals surface area contributed by atoms with Gasteiger partial charge in [-0.25, -0.2) is 9.48 Å². The molecule has 0 N–H and O–H groups in total. The molecule has 0 fully saturated rings. The van der Waals surface area contributed by atoms with Crippen LogP contribution in [0.3, 0.4) is 0 Å². The summed E-state index contributed by atoms with van der Waals surface area (Å²) in [5.41, 5.74) is 2.43. The van der Waals surface area contributed by atoms with Crippen LogP contribution in [0.15, 0.2) is 47.5 Å². The Kier molecular flexibility index (Phi) is 2.44. The molecule has 0 aliphatic rings. The Morgan fingerprint density at radius 1 is 1.22 bits per heavy atom. The molecule has 3 aromatic heterocycles. The number of rotatable bonds is 2. The van der Waals surface area contributed by atoms with Crippen molar-refractivity contribution in [2.45, 2.75) is 13.5 Å². The van der Waals surface area contributed by atoms with E-state index in [0.29, 0.717) is 12.2 Å². The van der Waals surface area contributed by atoms with Crippen LogP contribution in [0, 0.1) is 6.92 Å². The maximum atomic E-state index is 12.1. The van der Waals surface area contributed by atoms with Gasteiger partial charge in [0, 0.05) is 12.4 Å². The van der Waals surface area contributed by atoms with Crippen LogP contribution < -0.4 is 5.69 Å². The first kappa shape index (κ1) is 10.7. The molecule has 3 aromatic rings. The van der Waals surface area contributed by atoms with Crippen LogP contribution in [0.1, 0.15) is 11.3 Å². The third-order valence-electron chi connectivity index (χ3n) is 2.91. The van der Waals surface area contributed by atoms with E-state index in [-0.39, 0.29) is 5.69 Å². The highest BCUT2D eigenvalue weighted by Gasteiger charge is 2.08. The van der Waals surface area contributed by atoms with Crippen LogP contribution in [0.5, 0.6) is 0 Å². The minimum atomic E-state index is -0.143. The van der Waals surface area contributed by atoms with Gasteiger partial charge < -0.3 is 0 Å². The summed E-state index contributed by atoms with van der Waals surface area (Å²) in [5.74, 6) is 0. The van der Waals surface area contributed by atoms with E-state index in [0.717, 1.165) is 11.3 Å². The third kappa shape index (κ3) is 1.69. The number of fused-ring (bicyclic) bond motifs is 1. The smallest absolute Gasteiger partial charge is 0.259 e. The summed E-state index contributed by atoms with van der Waals surface area (Å²) in [4.78, 5) is 16.4. The van der Waals surface area contributed by atoms with Gasteiger partial charge >= 0.3 is 5.69 Å². The summed E-state index contributed by atoms with van der Waals surface area (Å²) < 4.78 is 2.96. The summed E-state index contributed by atoms with van der Waals surface area (Å²) in [6.45, 7) is 2.37. The zero-order chi connectivity index (χ0) is 12.5. The highest BCUT2D eigenvalue weighted by Crippen LogP contribution is 2.04. The predicted octanol–water partition coefficient (Wildman–Crippen LogP) is 1.25. The molecule has 0 aliphatic heterocycles. The summed E-state index contributed by atoms with van der Waals surface area (Å²) in [5, 5.41) is 4.28. The molecule has 3 heterocycles. The van der Waals surface area contributed by atoms with Gasteiger partial charge in [0.05, 0.1) is 12.2 Å². The summed E-state index contributed by atoms with van der Waals surface area (Å²) in [6.07, 6.45) is 3.44. The number of pyridine rings is 2. The summed E-state index contributed by atoms with van der Waals surface area (Å²) in [6, 6.07) is 9.34. The number of nitrogens with zero attached hydrogens (tertiary/aromatic N) is 4. The van der Waals surface area contributed by atoms with Gasteiger partial charge in [0.15, 0.2) is 5.65 Å². The number of aryl methyl sites for hydroxylation is 1. The number of hydrogen-bond acceptors (Lipinski definition) is 3. The number of hydrogen-bond donors (Lipinski definition) is 0. The zero-order valence-electron chi connectivity index (χ0n) is 9.95. The molecule has 0 saturated carbocycles. The van der Waals surface area contributed by atoms with E-state index in [4.69, 9.17) is 0 Å². The van der Waals surface area contributed by atoms with E-state index in [1.54, 1.807) is 12.4 Å². The lowest BCUT2D eigenvalue weighted by atomic mass is 10.2. The minimum Gasteiger partial charge on any atom is -0.259 e. The van der Waals surface area contributed by atoms with Crippen LogP contribution in [0.2, 0.25) is 0 Å². The maximum Gasteiger partial charge on any atom is 0.350 e. The first-order valence-electron chi connectivity index (χ1n) is 5.70. The van der Waals surface area contributed by atoms with E-state index in [1.165, 1.54) is 9.08 Å². The molecule has 90 valence electrons. The Morgan fingerprint density at radius 2 is 2.11 bits per heavy atom. The molecule has 5 nitrogen and oxygen atoms in total. The molecule has 0 aromatic carbocycles. The molecule has 18 heavy (non-hydrogen) atoms. The predicted molar refractivity (Wildman–Crippen MR) is 67.5 cm³/mol. The van der Waals surface area contributed by atoms with Gasteiger partial charge in [0.2, 0.25) is 0 Å². The van der Waals surface area contributed by atoms with Gasteiger partial charge in [-0.05, 0) is 30.7 Å². The zero-order valence-corrected chi connectivity index (χ0v) is 9.95. The molecular formula is C13H12N4O. The lowest BCUT2D eigenvalue weighted by Crippen LogP contribution is -2.22. The summed E-state index contributed by atoms with van der Waals surface area (Å²) >= 11 is 0. The molecule has 0 saturated heterocycles. The lowest BCUT2D eigenvalue weighted by molar-refractivity contribution is 0.643. The molecule has 0 aliphatic carbocycles. The molecule has 0 atom stereocenters. The van der Waals surface area contributed by atoms with E-state index < -0.39 is 0 Å². The van der Waals surface area contributed by atoms with Gasteiger partial charge in [-0.1, -0.05) is 12.1 Å². The summed E-state index contributed by atoms with van der Waals surface area (Å²) in [7, 11) is 0. The van der Waals surface area contributed by atoms with Crippen LogP contribution >= 0.6 is 0 Å². The Balaban J connectivity index is 2.09. The van der Waals surface area contributed by atoms with Crippen molar-refractivity contribution in [3.05, 3.63) is 64.5 Å². The SMILES string of the molecule is Cc1cccnc1Cn1nc2ccccn2c1=O. The quantitative estimate of drug-likeness (QED) is 0.677. The lowest BCUT2D eigenvalue weighted by Gasteiger charge is -2.02. The highest BCUT2D eigenvalue weighted by molar-refractivity contribution is 5.35. The van der Waals surface area contributed by atoms with Crippen molar-refractivity contribution in [2.75, 3.05) is 0 Å². The second-order valence-electron chi connectivity index (χ2n) is 4.14. The van der Waals surface area contributed by atoms with Crippen molar-refractivity contribution in [3.63, 3.8) is 0 Å². The average molecular weight is 240 g/mol. The van der Waals surface area contributed by atoms with E-state index in [1.807, 2.05) is 37.3 Å². The van der Waals surface area contributed by atoms with Gasteiger partial charge in [-0.15, -0.1) is 5.10 Å². The maximum absolute atomic E-state index is 12.1. The molecule has 0 unspecified atom stereocenters. The van der Waals surface area contributed by atoms with Crippen molar-refractivity contribution in [1.29, 1.82) is 0 Å². The monoisotopic (exact) mass is 240 g/mol. The normalized spacial score (nSPS) is 10.9. The van der Waals surface area contributed by atoms with Crippen LogP contribution in [-0.4, -0.2) is 19.2 Å². The fourth-order valence-electron chi connectivity index (χ4n) is 1.90. The highest BCUT2D eigenvalue weighted by atomic mass is 16.2. The largest absolute Gasteiger partial charge is 0.350 e. The van der Waals surface area contributed by atoms with Gasteiger partial charge in [0.1, 0.15) is 0 Å². The molecule has 3 rings (SSSR count). The van der Waals surface area contributed by atoms with Crippen LogP contribution in [0.4, 0.5) is 0 Å². The molecule has 5 heteroatoms. The van der Waals surface area contributed by atoms with Crippen molar-refractivity contribution >= 4 is 5.65 Å². The Labute approximate surface area is 103 Å². The van der Waals surface area contributed by atoms with Crippen molar-refractivity contribution in [3.8, 4) is 0 Å². The fraction of sp³-hybridized carbons (Fsp3) is 0.154. The topological polar surface area (TPSA) is 52.2 Å². The minimum absolute atomic E-state index is 0.143. The molecule has 0 bridgehead atoms. The first-order valence-corrected chi connectivity index (χ1v) is 5.70. The number of aromatic nitrogens is 4. The van der Waals surface area contributed by atoms with Crippen molar-refractivity contribution < 1.29 is 0 Å². The third-order valence-corrected chi connectivity index (χ3v) is 2.91. The first-order chi connectivity index (χ1) is 8.75. The second kappa shape index (κ2) is 4.10. The molecule has 0 amide bonds. The van der Waals surface area contributed by atoms with Gasteiger partial charge in [0.25, 0.3) is 0 Å². The Hall–Kier alpha value is -2.43. The van der Waals surface area contributed by atoms with Crippen molar-refractivity contribution in [1.82, 2.24) is 19.2 Å².